The number of nitrogens with one attached hydrogen (secondary N) is 2. The van der Waals surface area contributed by atoms with Gasteiger partial charge >= 0.3 is 0 Å². The Balaban J connectivity index is 2.71. The maximum atomic E-state index is 11.7. The molecule has 102 valence electrons. The summed E-state index contributed by atoms with van der Waals surface area (Å²) in [6, 6.07) is 12.0. The van der Waals surface area contributed by atoms with E-state index in [2.05, 4.69) is 16.7 Å². The minimum Gasteiger partial charge on any atom is -0.359 e. The fourth-order valence-corrected chi connectivity index (χ4v) is 1.88. The Morgan fingerprint density at radius 3 is 2.53 bits per heavy atom. The standard InChI is InChI=1S/C15H21N3O/c1-15(2,14(19)17-3)11-18-13(9-10-16)12-7-5-4-6-8-12/h4-8,13,18H,9,11H2,1-3H3,(H,17,19). The van der Waals surface area contributed by atoms with Crippen LogP contribution in [0.1, 0.15) is 31.9 Å². The summed E-state index contributed by atoms with van der Waals surface area (Å²) >= 11 is 0. The zero-order valence-corrected chi connectivity index (χ0v) is 11.7. The molecule has 0 radical (unpaired) electrons. The number of carbonyl (C=O) groups excluding carboxylic acids is 1. The van der Waals surface area contributed by atoms with Crippen LogP contribution in [0.4, 0.5) is 0 Å². The van der Waals surface area contributed by atoms with E-state index in [1.54, 1.807) is 7.05 Å². The average molecular weight is 259 g/mol. The van der Waals surface area contributed by atoms with Crippen molar-refractivity contribution in [3.63, 3.8) is 0 Å². The van der Waals surface area contributed by atoms with E-state index in [-0.39, 0.29) is 11.9 Å². The van der Waals surface area contributed by atoms with Crippen LogP contribution in [-0.2, 0) is 4.79 Å². The third kappa shape index (κ3) is 4.38. The summed E-state index contributed by atoms with van der Waals surface area (Å²) in [5.41, 5.74) is 0.564. The number of nitriles is 1. The van der Waals surface area contributed by atoms with E-state index in [1.165, 1.54) is 0 Å². The van der Waals surface area contributed by atoms with Crippen LogP contribution in [0, 0.1) is 16.7 Å². The maximum Gasteiger partial charge on any atom is 0.226 e. The van der Waals surface area contributed by atoms with E-state index < -0.39 is 5.41 Å². The summed E-state index contributed by atoms with van der Waals surface area (Å²) < 4.78 is 0. The second-order valence-corrected chi connectivity index (χ2v) is 5.17. The van der Waals surface area contributed by atoms with Gasteiger partial charge in [0.05, 0.1) is 17.9 Å². The molecule has 0 bridgehead atoms. The highest BCUT2D eigenvalue weighted by Gasteiger charge is 2.27. The van der Waals surface area contributed by atoms with Gasteiger partial charge in [0.2, 0.25) is 5.91 Å². The summed E-state index contributed by atoms with van der Waals surface area (Å²) in [6.07, 6.45) is 0.383. The fraction of sp³-hybridized carbons (Fsp3) is 0.467. The molecule has 1 aromatic carbocycles. The van der Waals surface area contributed by atoms with E-state index >= 15 is 0 Å². The largest absolute Gasteiger partial charge is 0.359 e. The van der Waals surface area contributed by atoms with Crippen molar-refractivity contribution in [3.05, 3.63) is 35.9 Å². The van der Waals surface area contributed by atoms with E-state index in [9.17, 15) is 4.79 Å². The van der Waals surface area contributed by atoms with Crippen molar-refractivity contribution in [2.24, 2.45) is 5.41 Å². The molecule has 19 heavy (non-hydrogen) atoms. The molecule has 1 rings (SSSR count). The highest BCUT2D eigenvalue weighted by atomic mass is 16.2. The van der Waals surface area contributed by atoms with E-state index in [0.29, 0.717) is 13.0 Å². The van der Waals surface area contributed by atoms with Gasteiger partial charge in [-0.15, -0.1) is 0 Å². The third-order valence-corrected chi connectivity index (χ3v) is 3.13. The highest BCUT2D eigenvalue weighted by Crippen LogP contribution is 2.19. The van der Waals surface area contributed by atoms with Crippen LogP contribution in [0.2, 0.25) is 0 Å². The van der Waals surface area contributed by atoms with Gasteiger partial charge in [-0.25, -0.2) is 0 Å². The van der Waals surface area contributed by atoms with Crippen LogP contribution in [0.15, 0.2) is 30.3 Å². The smallest absolute Gasteiger partial charge is 0.226 e. The van der Waals surface area contributed by atoms with Gasteiger partial charge < -0.3 is 10.6 Å². The molecular weight excluding hydrogens is 238 g/mol. The number of benzene rings is 1. The fourth-order valence-electron chi connectivity index (χ4n) is 1.88. The van der Waals surface area contributed by atoms with Crippen molar-refractivity contribution in [1.82, 2.24) is 10.6 Å². The Hall–Kier alpha value is -1.86. The lowest BCUT2D eigenvalue weighted by molar-refractivity contribution is -0.128. The van der Waals surface area contributed by atoms with E-state index in [4.69, 9.17) is 5.26 Å². The van der Waals surface area contributed by atoms with Gasteiger partial charge in [-0.3, -0.25) is 4.79 Å². The van der Waals surface area contributed by atoms with E-state index in [1.807, 2.05) is 44.2 Å². The lowest BCUT2D eigenvalue weighted by Crippen LogP contribution is -2.43. The van der Waals surface area contributed by atoms with Crippen molar-refractivity contribution >= 4 is 5.91 Å². The first kappa shape index (κ1) is 15.2. The summed E-state index contributed by atoms with van der Waals surface area (Å²) in [5.74, 6) is -0.0104. The molecule has 0 fully saturated rings. The number of hydrogen-bond donors (Lipinski definition) is 2. The van der Waals surface area contributed by atoms with Crippen molar-refractivity contribution in [2.45, 2.75) is 26.3 Å². The molecule has 4 heteroatoms. The highest BCUT2D eigenvalue weighted by molar-refractivity contribution is 5.81. The Morgan fingerprint density at radius 2 is 2.00 bits per heavy atom. The molecule has 0 aliphatic heterocycles. The third-order valence-electron chi connectivity index (χ3n) is 3.13. The molecule has 0 heterocycles. The molecular formula is C15H21N3O. The van der Waals surface area contributed by atoms with E-state index in [0.717, 1.165) is 5.56 Å². The molecule has 0 saturated heterocycles. The summed E-state index contributed by atoms with van der Waals surface area (Å²) in [6.45, 7) is 4.29. The Bertz CT molecular complexity index is 448. The quantitative estimate of drug-likeness (QED) is 0.821. The Morgan fingerprint density at radius 1 is 1.37 bits per heavy atom. The first-order valence-corrected chi connectivity index (χ1v) is 6.38. The molecule has 4 nitrogen and oxygen atoms in total. The Kier molecular flexibility index (Phi) is 5.53. The van der Waals surface area contributed by atoms with Crippen LogP contribution >= 0.6 is 0 Å². The van der Waals surface area contributed by atoms with Crippen LogP contribution in [-0.4, -0.2) is 19.5 Å². The number of hydrogen-bond acceptors (Lipinski definition) is 3. The summed E-state index contributed by atoms with van der Waals surface area (Å²) in [5, 5.41) is 14.9. The number of nitrogens with zero attached hydrogens (tertiary/aromatic N) is 1. The number of amides is 1. The van der Waals surface area contributed by atoms with Crippen molar-refractivity contribution in [1.29, 1.82) is 5.26 Å². The average Bonchev–Trinajstić information content (AvgIpc) is 2.43. The zero-order chi connectivity index (χ0) is 14.3. The number of carbonyl (C=O) groups is 1. The topological polar surface area (TPSA) is 64.9 Å². The monoisotopic (exact) mass is 259 g/mol. The lowest BCUT2D eigenvalue weighted by atomic mass is 9.91. The molecule has 0 aromatic heterocycles. The van der Waals surface area contributed by atoms with Gasteiger partial charge in [0.1, 0.15) is 0 Å². The minimum atomic E-state index is -0.503. The summed E-state index contributed by atoms with van der Waals surface area (Å²) in [4.78, 5) is 11.7. The predicted molar refractivity (Wildman–Crippen MR) is 75.3 cm³/mol. The van der Waals surface area contributed by atoms with Crippen molar-refractivity contribution < 1.29 is 4.79 Å². The van der Waals surface area contributed by atoms with Crippen LogP contribution in [0.3, 0.4) is 0 Å². The normalized spacial score (nSPS) is 12.5. The summed E-state index contributed by atoms with van der Waals surface area (Å²) in [7, 11) is 1.63. The molecule has 1 amide bonds. The van der Waals surface area contributed by atoms with Crippen LogP contribution in [0.25, 0.3) is 0 Å². The molecule has 0 aliphatic rings. The van der Waals surface area contributed by atoms with Gasteiger partial charge in [0.15, 0.2) is 0 Å². The maximum absolute atomic E-state index is 11.7. The van der Waals surface area contributed by atoms with Crippen LogP contribution in [0.5, 0.6) is 0 Å². The van der Waals surface area contributed by atoms with Crippen molar-refractivity contribution in [3.8, 4) is 6.07 Å². The van der Waals surface area contributed by atoms with Crippen molar-refractivity contribution in [2.75, 3.05) is 13.6 Å². The first-order chi connectivity index (χ1) is 9.01. The van der Waals surface area contributed by atoms with Gasteiger partial charge in [-0.2, -0.15) is 5.26 Å². The second kappa shape index (κ2) is 6.91. The van der Waals surface area contributed by atoms with Gasteiger partial charge in [-0.05, 0) is 19.4 Å². The van der Waals surface area contributed by atoms with Gasteiger partial charge in [0, 0.05) is 19.6 Å². The zero-order valence-electron chi connectivity index (χ0n) is 11.7. The second-order valence-electron chi connectivity index (χ2n) is 5.17. The molecule has 1 unspecified atom stereocenters. The minimum absolute atomic E-state index is 0.0104. The van der Waals surface area contributed by atoms with Gasteiger partial charge in [-0.1, -0.05) is 30.3 Å². The molecule has 0 saturated carbocycles. The first-order valence-electron chi connectivity index (χ1n) is 6.38. The predicted octanol–water partition coefficient (Wildman–Crippen LogP) is 2.00. The molecule has 0 aliphatic carbocycles. The van der Waals surface area contributed by atoms with Crippen LogP contribution < -0.4 is 10.6 Å². The molecule has 1 aromatic rings. The molecule has 2 N–H and O–H groups in total. The lowest BCUT2D eigenvalue weighted by Gasteiger charge is -2.26. The van der Waals surface area contributed by atoms with Gasteiger partial charge in [0.25, 0.3) is 0 Å². The number of rotatable bonds is 6. The Labute approximate surface area is 114 Å². The molecule has 1 atom stereocenters. The SMILES string of the molecule is CNC(=O)C(C)(C)CNC(CC#N)c1ccccc1. The molecule has 0 spiro atoms.